The quantitative estimate of drug-likeness (QED) is 0.835. The Balaban J connectivity index is 2.36. The Bertz CT molecular complexity index is 528. The lowest BCUT2D eigenvalue weighted by molar-refractivity contribution is 0.470. The number of nitrogen functional groups attached to an aromatic ring is 1. The molecule has 0 spiro atoms. The molecule has 2 rings (SSSR count). The minimum Gasteiger partial charge on any atom is -0.506 e. The molecule has 2 aromatic rings. The Labute approximate surface area is 98.1 Å². The van der Waals surface area contributed by atoms with E-state index in [4.69, 9.17) is 5.73 Å². The standard InChI is InChI=1S/C12H12FN3O/c1-16(12-5-3-9(14)7-15-12)10-4-2-8(13)6-11(10)17/h2-7,17H,14H2,1H3. The number of benzene rings is 1. The minimum atomic E-state index is -0.482. The van der Waals surface area contributed by atoms with Gasteiger partial charge in [-0.3, -0.25) is 0 Å². The summed E-state index contributed by atoms with van der Waals surface area (Å²) in [6.07, 6.45) is 1.52. The highest BCUT2D eigenvalue weighted by atomic mass is 19.1. The summed E-state index contributed by atoms with van der Waals surface area (Å²) in [4.78, 5) is 5.76. The maximum absolute atomic E-state index is 12.9. The lowest BCUT2D eigenvalue weighted by atomic mass is 10.2. The van der Waals surface area contributed by atoms with Crippen LogP contribution in [-0.2, 0) is 0 Å². The Kier molecular flexibility index (Phi) is 2.82. The van der Waals surface area contributed by atoms with Crippen LogP contribution in [-0.4, -0.2) is 17.1 Å². The molecule has 0 saturated carbocycles. The molecule has 1 aromatic heterocycles. The van der Waals surface area contributed by atoms with Crippen LogP contribution in [0.1, 0.15) is 0 Å². The summed E-state index contributed by atoms with van der Waals surface area (Å²) in [6.45, 7) is 0. The monoisotopic (exact) mass is 233 g/mol. The summed E-state index contributed by atoms with van der Waals surface area (Å²) >= 11 is 0. The molecule has 0 saturated heterocycles. The molecule has 0 amide bonds. The molecule has 0 bridgehead atoms. The zero-order valence-corrected chi connectivity index (χ0v) is 9.26. The largest absolute Gasteiger partial charge is 0.506 e. The Morgan fingerprint density at radius 1 is 1.29 bits per heavy atom. The van der Waals surface area contributed by atoms with Gasteiger partial charge in [0.15, 0.2) is 0 Å². The summed E-state index contributed by atoms with van der Waals surface area (Å²) in [7, 11) is 1.73. The van der Waals surface area contributed by atoms with Gasteiger partial charge in [-0.1, -0.05) is 0 Å². The van der Waals surface area contributed by atoms with Crippen LogP contribution in [0.2, 0.25) is 0 Å². The van der Waals surface area contributed by atoms with Crippen LogP contribution in [0.5, 0.6) is 5.75 Å². The van der Waals surface area contributed by atoms with Crippen LogP contribution in [0.3, 0.4) is 0 Å². The zero-order chi connectivity index (χ0) is 12.4. The fourth-order valence-corrected chi connectivity index (χ4v) is 1.50. The summed E-state index contributed by atoms with van der Waals surface area (Å²) < 4.78 is 12.9. The van der Waals surface area contributed by atoms with Gasteiger partial charge in [0.05, 0.1) is 17.6 Å². The van der Waals surface area contributed by atoms with Gasteiger partial charge in [0.25, 0.3) is 0 Å². The fourth-order valence-electron chi connectivity index (χ4n) is 1.50. The maximum atomic E-state index is 12.9. The second-order valence-electron chi connectivity index (χ2n) is 3.64. The summed E-state index contributed by atoms with van der Waals surface area (Å²) in [5.41, 5.74) is 6.57. The molecule has 0 atom stereocenters. The highest BCUT2D eigenvalue weighted by Gasteiger charge is 2.10. The van der Waals surface area contributed by atoms with Gasteiger partial charge in [-0.15, -0.1) is 0 Å². The van der Waals surface area contributed by atoms with E-state index in [0.717, 1.165) is 6.07 Å². The van der Waals surface area contributed by atoms with Gasteiger partial charge in [0.1, 0.15) is 17.4 Å². The number of pyridine rings is 1. The Morgan fingerprint density at radius 3 is 2.65 bits per heavy atom. The van der Waals surface area contributed by atoms with E-state index in [1.165, 1.54) is 18.3 Å². The number of anilines is 3. The molecule has 17 heavy (non-hydrogen) atoms. The van der Waals surface area contributed by atoms with Gasteiger partial charge < -0.3 is 15.7 Å². The molecule has 4 nitrogen and oxygen atoms in total. The van der Waals surface area contributed by atoms with E-state index in [9.17, 15) is 9.50 Å². The van der Waals surface area contributed by atoms with Crippen molar-refractivity contribution in [3.05, 3.63) is 42.3 Å². The zero-order valence-electron chi connectivity index (χ0n) is 9.26. The number of nitrogens with zero attached hydrogens (tertiary/aromatic N) is 2. The number of nitrogens with two attached hydrogens (primary N) is 1. The van der Waals surface area contributed by atoms with Gasteiger partial charge in [-0.2, -0.15) is 0 Å². The molecule has 3 N–H and O–H groups in total. The first-order valence-electron chi connectivity index (χ1n) is 5.01. The molecular weight excluding hydrogens is 221 g/mol. The molecule has 1 aromatic carbocycles. The second kappa shape index (κ2) is 4.29. The number of phenols is 1. The summed E-state index contributed by atoms with van der Waals surface area (Å²) in [5.74, 6) is -0.00264. The van der Waals surface area contributed by atoms with Crippen molar-refractivity contribution in [2.24, 2.45) is 0 Å². The van der Waals surface area contributed by atoms with Gasteiger partial charge in [-0.05, 0) is 24.3 Å². The SMILES string of the molecule is CN(c1ccc(N)cn1)c1ccc(F)cc1O. The van der Waals surface area contributed by atoms with Crippen molar-refractivity contribution in [1.82, 2.24) is 4.98 Å². The fraction of sp³-hybridized carbons (Fsp3) is 0.0833. The molecule has 0 radical (unpaired) electrons. The number of hydrogen-bond acceptors (Lipinski definition) is 4. The average Bonchev–Trinajstić information content (AvgIpc) is 2.29. The van der Waals surface area contributed by atoms with Gasteiger partial charge in [0.2, 0.25) is 0 Å². The van der Waals surface area contributed by atoms with Crippen LogP contribution < -0.4 is 10.6 Å². The number of phenolic OH excluding ortho intramolecular Hbond substituents is 1. The van der Waals surface area contributed by atoms with Crippen molar-refractivity contribution < 1.29 is 9.50 Å². The number of halogens is 1. The number of aromatic hydroxyl groups is 1. The van der Waals surface area contributed by atoms with Crippen LogP contribution >= 0.6 is 0 Å². The molecule has 0 fully saturated rings. The molecule has 0 aliphatic rings. The van der Waals surface area contributed by atoms with E-state index in [0.29, 0.717) is 17.2 Å². The predicted molar refractivity (Wildman–Crippen MR) is 64.8 cm³/mol. The third-order valence-electron chi connectivity index (χ3n) is 2.41. The first kappa shape index (κ1) is 11.2. The van der Waals surface area contributed by atoms with E-state index >= 15 is 0 Å². The molecular formula is C12H12FN3O. The van der Waals surface area contributed by atoms with Crippen LogP contribution in [0.25, 0.3) is 0 Å². The van der Waals surface area contributed by atoms with E-state index in [1.807, 2.05) is 0 Å². The van der Waals surface area contributed by atoms with Crippen LogP contribution in [0, 0.1) is 5.82 Å². The van der Waals surface area contributed by atoms with Crippen molar-refractivity contribution in [2.75, 3.05) is 17.7 Å². The molecule has 0 aliphatic carbocycles. The highest BCUT2D eigenvalue weighted by molar-refractivity contribution is 5.66. The highest BCUT2D eigenvalue weighted by Crippen LogP contribution is 2.31. The third-order valence-corrected chi connectivity index (χ3v) is 2.41. The maximum Gasteiger partial charge on any atom is 0.142 e. The van der Waals surface area contributed by atoms with Crippen molar-refractivity contribution in [1.29, 1.82) is 0 Å². The third kappa shape index (κ3) is 2.28. The predicted octanol–water partition coefficient (Wildman–Crippen LogP) is 2.28. The second-order valence-corrected chi connectivity index (χ2v) is 3.64. The molecule has 0 aliphatic heterocycles. The lowest BCUT2D eigenvalue weighted by Gasteiger charge is -2.19. The van der Waals surface area contributed by atoms with E-state index in [-0.39, 0.29) is 5.75 Å². The average molecular weight is 233 g/mol. The summed E-state index contributed by atoms with van der Waals surface area (Å²) in [6, 6.07) is 7.26. The van der Waals surface area contributed by atoms with Crippen molar-refractivity contribution in [2.45, 2.75) is 0 Å². The van der Waals surface area contributed by atoms with Crippen molar-refractivity contribution in [3.8, 4) is 5.75 Å². The first-order valence-corrected chi connectivity index (χ1v) is 5.01. The molecule has 0 unspecified atom stereocenters. The minimum absolute atomic E-state index is 0.133. The van der Waals surface area contributed by atoms with E-state index in [1.54, 1.807) is 24.1 Å². The smallest absolute Gasteiger partial charge is 0.142 e. The van der Waals surface area contributed by atoms with Crippen LogP contribution in [0.15, 0.2) is 36.5 Å². The number of rotatable bonds is 2. The van der Waals surface area contributed by atoms with Gasteiger partial charge >= 0.3 is 0 Å². The molecule has 1 heterocycles. The lowest BCUT2D eigenvalue weighted by Crippen LogP contribution is -2.11. The normalized spacial score (nSPS) is 10.2. The van der Waals surface area contributed by atoms with E-state index < -0.39 is 5.82 Å². The van der Waals surface area contributed by atoms with Crippen LogP contribution in [0.4, 0.5) is 21.6 Å². The number of hydrogen-bond donors (Lipinski definition) is 2. The van der Waals surface area contributed by atoms with Gasteiger partial charge in [-0.25, -0.2) is 9.37 Å². The topological polar surface area (TPSA) is 62.4 Å². The summed E-state index contributed by atoms with van der Waals surface area (Å²) in [5, 5.41) is 9.64. The van der Waals surface area contributed by atoms with E-state index in [2.05, 4.69) is 4.98 Å². The Hall–Kier alpha value is -2.30. The van der Waals surface area contributed by atoms with Crippen molar-refractivity contribution in [3.63, 3.8) is 0 Å². The van der Waals surface area contributed by atoms with Crippen molar-refractivity contribution >= 4 is 17.2 Å². The van der Waals surface area contributed by atoms with Gasteiger partial charge in [0, 0.05) is 13.1 Å². The first-order chi connectivity index (χ1) is 8.08. The molecule has 5 heteroatoms. The number of aromatic nitrogens is 1. The molecule has 88 valence electrons. The Morgan fingerprint density at radius 2 is 2.06 bits per heavy atom.